The molecule has 182 valence electrons. The van der Waals surface area contributed by atoms with Gasteiger partial charge < -0.3 is 14.5 Å². The standard InChI is InChI=1S/C28H26N4O4/c1-18-7-5-13-32-24(18)31-26(36-21-11-9-20(10-12-21)28(2,3)4)23(27(32)34)15-19(16-29)25(33)30-17-22-8-6-14-35-22/h5-15H,17H2,1-4H3,(H,30,33)/b19-15+. The van der Waals surface area contributed by atoms with Crippen LogP contribution in [0.25, 0.3) is 11.7 Å². The third-order valence-corrected chi connectivity index (χ3v) is 5.64. The van der Waals surface area contributed by atoms with Crippen molar-refractivity contribution in [3.63, 3.8) is 0 Å². The Hall–Kier alpha value is -4.64. The summed E-state index contributed by atoms with van der Waals surface area (Å²) in [6, 6.07) is 16.3. The van der Waals surface area contributed by atoms with E-state index in [9.17, 15) is 14.9 Å². The first-order valence-electron chi connectivity index (χ1n) is 11.4. The molecule has 0 bridgehead atoms. The molecule has 8 nitrogen and oxygen atoms in total. The van der Waals surface area contributed by atoms with E-state index < -0.39 is 11.5 Å². The zero-order chi connectivity index (χ0) is 25.9. The summed E-state index contributed by atoms with van der Waals surface area (Å²) in [6.07, 6.45) is 4.28. The largest absolute Gasteiger partial charge is 0.467 e. The number of furan rings is 1. The molecular weight excluding hydrogens is 456 g/mol. The van der Waals surface area contributed by atoms with Gasteiger partial charge >= 0.3 is 0 Å². The van der Waals surface area contributed by atoms with E-state index in [1.165, 1.54) is 16.7 Å². The second kappa shape index (κ2) is 9.92. The van der Waals surface area contributed by atoms with Crippen LogP contribution in [0.15, 0.2) is 75.8 Å². The van der Waals surface area contributed by atoms with E-state index in [0.29, 0.717) is 17.2 Å². The predicted molar refractivity (Wildman–Crippen MR) is 136 cm³/mol. The Kier molecular flexibility index (Phi) is 6.75. The molecule has 0 unspecified atom stereocenters. The van der Waals surface area contributed by atoms with Crippen molar-refractivity contribution in [3.05, 3.63) is 99.4 Å². The van der Waals surface area contributed by atoms with Crippen LogP contribution in [-0.2, 0) is 16.8 Å². The molecule has 8 heteroatoms. The predicted octanol–water partition coefficient (Wildman–Crippen LogP) is 4.91. The molecule has 0 aliphatic carbocycles. The van der Waals surface area contributed by atoms with Crippen LogP contribution in [0.2, 0.25) is 0 Å². The smallest absolute Gasteiger partial charge is 0.269 e. The minimum atomic E-state index is -0.650. The number of benzene rings is 1. The van der Waals surface area contributed by atoms with Crippen LogP contribution in [0.5, 0.6) is 11.6 Å². The molecule has 1 N–H and O–H groups in total. The van der Waals surface area contributed by atoms with Gasteiger partial charge in [-0.25, -0.2) is 0 Å². The number of rotatable bonds is 6. The Morgan fingerprint density at radius 3 is 2.58 bits per heavy atom. The lowest BCUT2D eigenvalue weighted by Gasteiger charge is -2.19. The molecule has 0 saturated carbocycles. The Morgan fingerprint density at radius 2 is 1.94 bits per heavy atom. The quantitative estimate of drug-likeness (QED) is 0.309. The highest BCUT2D eigenvalue weighted by atomic mass is 16.5. The van der Waals surface area contributed by atoms with Crippen LogP contribution in [0, 0.1) is 18.3 Å². The van der Waals surface area contributed by atoms with Gasteiger partial charge in [0.25, 0.3) is 11.5 Å². The number of hydrogen-bond donors (Lipinski definition) is 1. The fraction of sp³-hybridized carbons (Fsp3) is 0.214. The number of carbonyl (C=O) groups is 1. The molecule has 1 amide bonds. The van der Waals surface area contributed by atoms with Gasteiger partial charge in [-0.15, -0.1) is 0 Å². The average molecular weight is 483 g/mol. The van der Waals surface area contributed by atoms with Gasteiger partial charge in [-0.2, -0.15) is 10.2 Å². The Labute approximate surface area is 208 Å². The van der Waals surface area contributed by atoms with Crippen molar-refractivity contribution in [2.24, 2.45) is 0 Å². The van der Waals surface area contributed by atoms with Gasteiger partial charge in [0.05, 0.1) is 12.8 Å². The van der Waals surface area contributed by atoms with Crippen molar-refractivity contribution in [3.8, 4) is 17.7 Å². The molecular formula is C28H26N4O4. The van der Waals surface area contributed by atoms with Crippen LogP contribution in [0.3, 0.4) is 0 Å². The molecule has 0 spiro atoms. The van der Waals surface area contributed by atoms with E-state index in [1.54, 1.807) is 36.5 Å². The van der Waals surface area contributed by atoms with Crippen molar-refractivity contribution in [2.75, 3.05) is 0 Å². The molecule has 3 heterocycles. The number of ether oxygens (including phenoxy) is 1. The number of carbonyl (C=O) groups excluding carboxylic acids is 1. The van der Waals surface area contributed by atoms with Crippen LogP contribution in [0.1, 0.15) is 43.2 Å². The first-order valence-corrected chi connectivity index (χ1v) is 11.4. The van der Waals surface area contributed by atoms with Crippen molar-refractivity contribution < 1.29 is 13.9 Å². The summed E-state index contributed by atoms with van der Waals surface area (Å²) in [4.78, 5) is 30.7. The van der Waals surface area contributed by atoms with E-state index in [1.807, 2.05) is 31.2 Å². The number of pyridine rings is 1. The Bertz CT molecular complexity index is 1530. The molecule has 3 aromatic heterocycles. The van der Waals surface area contributed by atoms with Crippen LogP contribution in [-0.4, -0.2) is 15.3 Å². The molecule has 36 heavy (non-hydrogen) atoms. The lowest BCUT2D eigenvalue weighted by atomic mass is 9.87. The van der Waals surface area contributed by atoms with Gasteiger partial charge in [0.1, 0.15) is 34.4 Å². The van der Waals surface area contributed by atoms with E-state index in [2.05, 4.69) is 31.1 Å². The fourth-order valence-corrected chi connectivity index (χ4v) is 3.60. The van der Waals surface area contributed by atoms with E-state index in [-0.39, 0.29) is 29.0 Å². The lowest BCUT2D eigenvalue weighted by Crippen LogP contribution is -2.25. The summed E-state index contributed by atoms with van der Waals surface area (Å²) in [5.74, 6) is 0.363. The summed E-state index contributed by atoms with van der Waals surface area (Å²) in [7, 11) is 0. The second-order valence-corrected chi connectivity index (χ2v) is 9.33. The number of nitriles is 1. The van der Waals surface area contributed by atoms with Gasteiger partial charge in [-0.05, 0) is 59.9 Å². The van der Waals surface area contributed by atoms with Gasteiger partial charge in [0.15, 0.2) is 0 Å². The normalized spacial score (nSPS) is 11.8. The molecule has 4 rings (SSSR count). The van der Waals surface area contributed by atoms with Crippen LogP contribution >= 0.6 is 0 Å². The fourth-order valence-electron chi connectivity index (χ4n) is 3.60. The molecule has 0 atom stereocenters. The van der Waals surface area contributed by atoms with E-state index >= 15 is 0 Å². The number of fused-ring (bicyclic) bond motifs is 1. The third-order valence-electron chi connectivity index (χ3n) is 5.64. The number of nitrogens with zero attached hydrogens (tertiary/aromatic N) is 3. The van der Waals surface area contributed by atoms with Gasteiger partial charge in [-0.1, -0.05) is 39.0 Å². The maximum atomic E-state index is 13.4. The molecule has 0 aliphatic rings. The lowest BCUT2D eigenvalue weighted by molar-refractivity contribution is -0.117. The Balaban J connectivity index is 1.77. The summed E-state index contributed by atoms with van der Waals surface area (Å²) in [5, 5.41) is 12.3. The molecule has 0 saturated heterocycles. The SMILES string of the molecule is Cc1cccn2c(=O)c(/C=C(\C#N)C(=O)NCc3ccco3)c(Oc3ccc(C(C)(C)C)cc3)nc12. The van der Waals surface area contributed by atoms with Gasteiger partial charge in [0.2, 0.25) is 5.88 Å². The van der Waals surface area contributed by atoms with Crippen molar-refractivity contribution in [1.82, 2.24) is 14.7 Å². The molecule has 0 fully saturated rings. The summed E-state index contributed by atoms with van der Waals surface area (Å²) in [5.41, 5.74) is 1.54. The topological polar surface area (TPSA) is 110 Å². The van der Waals surface area contributed by atoms with Gasteiger partial charge in [0, 0.05) is 6.20 Å². The molecule has 4 aromatic rings. The molecule has 0 radical (unpaired) electrons. The average Bonchev–Trinajstić information content (AvgIpc) is 3.37. The zero-order valence-electron chi connectivity index (χ0n) is 20.5. The van der Waals surface area contributed by atoms with Crippen molar-refractivity contribution in [1.29, 1.82) is 5.26 Å². The van der Waals surface area contributed by atoms with Crippen LogP contribution in [0.4, 0.5) is 0 Å². The number of aryl methyl sites for hydroxylation is 1. The van der Waals surface area contributed by atoms with Crippen LogP contribution < -0.4 is 15.6 Å². The highest BCUT2D eigenvalue weighted by Crippen LogP contribution is 2.28. The number of hydrogen-bond acceptors (Lipinski definition) is 6. The molecule has 0 aliphatic heterocycles. The summed E-state index contributed by atoms with van der Waals surface area (Å²) >= 11 is 0. The zero-order valence-corrected chi connectivity index (χ0v) is 20.5. The summed E-state index contributed by atoms with van der Waals surface area (Å²) < 4.78 is 12.6. The monoisotopic (exact) mass is 482 g/mol. The summed E-state index contributed by atoms with van der Waals surface area (Å²) in [6.45, 7) is 8.27. The maximum Gasteiger partial charge on any atom is 0.269 e. The second-order valence-electron chi connectivity index (χ2n) is 9.33. The first-order chi connectivity index (χ1) is 17.2. The minimum Gasteiger partial charge on any atom is -0.467 e. The number of nitrogens with one attached hydrogen (secondary N) is 1. The Morgan fingerprint density at radius 1 is 1.19 bits per heavy atom. The van der Waals surface area contributed by atoms with Crippen molar-refractivity contribution >= 4 is 17.6 Å². The van der Waals surface area contributed by atoms with E-state index in [4.69, 9.17) is 9.15 Å². The van der Waals surface area contributed by atoms with Crippen molar-refractivity contribution in [2.45, 2.75) is 39.7 Å². The minimum absolute atomic E-state index is 0.00407. The van der Waals surface area contributed by atoms with Gasteiger partial charge in [-0.3, -0.25) is 14.0 Å². The number of aromatic nitrogens is 2. The molecule has 1 aromatic carbocycles. The highest BCUT2D eigenvalue weighted by molar-refractivity contribution is 6.01. The maximum absolute atomic E-state index is 13.4. The third kappa shape index (κ3) is 5.20. The first kappa shape index (κ1) is 24.5. The number of amides is 1. The van der Waals surface area contributed by atoms with E-state index in [0.717, 1.165) is 11.1 Å². The highest BCUT2D eigenvalue weighted by Gasteiger charge is 2.19.